The largest absolute Gasteiger partial charge is 0.573 e. The minimum Gasteiger partial charge on any atom is -0.406 e. The van der Waals surface area contributed by atoms with Gasteiger partial charge in [0.25, 0.3) is 0 Å². The molecule has 0 radical (unpaired) electrons. The van der Waals surface area contributed by atoms with E-state index in [1.54, 1.807) is 12.1 Å². The van der Waals surface area contributed by atoms with Crippen molar-refractivity contribution in [3.8, 4) is 5.75 Å². The summed E-state index contributed by atoms with van der Waals surface area (Å²) in [7, 11) is 0. The first kappa shape index (κ1) is 15.6. The highest BCUT2D eigenvalue weighted by molar-refractivity contribution is 5.46. The Hall–Kier alpha value is -1.43. The quantitative estimate of drug-likeness (QED) is 0.826. The number of ether oxygens (including phenoxy) is 1. The van der Waals surface area contributed by atoms with E-state index >= 15 is 0 Å². The SMILES string of the molecule is CCN(CC)CCNc1ccc(OC(F)(F)F)cc1. The van der Waals surface area contributed by atoms with Crippen LogP contribution in [0.3, 0.4) is 0 Å². The van der Waals surface area contributed by atoms with Crippen LogP contribution in [0.4, 0.5) is 18.9 Å². The summed E-state index contributed by atoms with van der Waals surface area (Å²) in [4.78, 5) is 2.26. The van der Waals surface area contributed by atoms with E-state index in [4.69, 9.17) is 0 Å². The standard InChI is InChI=1S/C13H19F3N2O/c1-3-18(4-2)10-9-17-11-5-7-12(8-6-11)19-13(14,15)16/h5-8,17H,3-4,9-10H2,1-2H3. The molecule has 0 aliphatic carbocycles. The normalized spacial score (nSPS) is 11.7. The predicted molar refractivity (Wildman–Crippen MR) is 69.4 cm³/mol. The maximum atomic E-state index is 12.0. The van der Waals surface area contributed by atoms with Crippen LogP contribution in [0.1, 0.15) is 13.8 Å². The lowest BCUT2D eigenvalue weighted by atomic mass is 10.3. The van der Waals surface area contributed by atoms with Gasteiger partial charge in [-0.15, -0.1) is 13.2 Å². The summed E-state index contributed by atoms with van der Waals surface area (Å²) in [6.45, 7) is 7.79. The summed E-state index contributed by atoms with van der Waals surface area (Å²) in [6.07, 6.45) is -4.64. The van der Waals surface area contributed by atoms with E-state index in [2.05, 4.69) is 28.8 Å². The molecule has 19 heavy (non-hydrogen) atoms. The van der Waals surface area contributed by atoms with Gasteiger partial charge in [-0.1, -0.05) is 13.8 Å². The number of anilines is 1. The first-order valence-corrected chi connectivity index (χ1v) is 6.26. The zero-order chi connectivity index (χ0) is 14.3. The number of rotatable bonds is 7. The second kappa shape index (κ2) is 7.23. The van der Waals surface area contributed by atoms with Gasteiger partial charge in [0.1, 0.15) is 5.75 Å². The number of alkyl halides is 3. The van der Waals surface area contributed by atoms with Crippen LogP contribution in [0.25, 0.3) is 0 Å². The minimum absolute atomic E-state index is 0.207. The minimum atomic E-state index is -4.64. The number of likely N-dealkylation sites (N-methyl/N-ethyl adjacent to an activating group) is 1. The summed E-state index contributed by atoms with van der Waals surface area (Å²) in [6, 6.07) is 5.74. The second-order valence-corrected chi connectivity index (χ2v) is 4.03. The fourth-order valence-electron chi connectivity index (χ4n) is 1.67. The van der Waals surface area contributed by atoms with Gasteiger partial charge in [0.15, 0.2) is 0 Å². The predicted octanol–water partition coefficient (Wildman–Crippen LogP) is 3.34. The molecule has 1 rings (SSSR count). The maximum Gasteiger partial charge on any atom is 0.573 e. The van der Waals surface area contributed by atoms with Gasteiger partial charge < -0.3 is 15.0 Å². The van der Waals surface area contributed by atoms with Crippen LogP contribution >= 0.6 is 0 Å². The van der Waals surface area contributed by atoms with Crippen LogP contribution < -0.4 is 10.1 Å². The van der Waals surface area contributed by atoms with Crippen molar-refractivity contribution < 1.29 is 17.9 Å². The van der Waals surface area contributed by atoms with Crippen molar-refractivity contribution in [2.45, 2.75) is 20.2 Å². The Kier molecular flexibility index (Phi) is 5.95. The third kappa shape index (κ3) is 6.33. The van der Waals surface area contributed by atoms with Crippen LogP contribution in [-0.2, 0) is 0 Å². The fourth-order valence-corrected chi connectivity index (χ4v) is 1.67. The van der Waals surface area contributed by atoms with E-state index < -0.39 is 6.36 Å². The molecule has 6 heteroatoms. The molecule has 0 aromatic heterocycles. The summed E-state index contributed by atoms with van der Waals surface area (Å²) in [5.74, 6) is -0.207. The van der Waals surface area contributed by atoms with Gasteiger partial charge in [-0.2, -0.15) is 0 Å². The van der Waals surface area contributed by atoms with Crippen molar-refractivity contribution in [2.75, 3.05) is 31.5 Å². The topological polar surface area (TPSA) is 24.5 Å². The van der Waals surface area contributed by atoms with E-state index in [9.17, 15) is 13.2 Å². The molecule has 0 spiro atoms. The van der Waals surface area contributed by atoms with Gasteiger partial charge in [-0.25, -0.2) is 0 Å². The second-order valence-electron chi connectivity index (χ2n) is 4.03. The van der Waals surface area contributed by atoms with Gasteiger partial charge in [0.2, 0.25) is 0 Å². The third-order valence-electron chi connectivity index (χ3n) is 2.74. The van der Waals surface area contributed by atoms with Crippen molar-refractivity contribution in [3.63, 3.8) is 0 Å². The molecule has 0 fully saturated rings. The fraction of sp³-hybridized carbons (Fsp3) is 0.538. The van der Waals surface area contributed by atoms with Gasteiger partial charge in [0, 0.05) is 18.8 Å². The molecular weight excluding hydrogens is 257 g/mol. The highest BCUT2D eigenvalue weighted by atomic mass is 19.4. The number of nitrogens with zero attached hydrogens (tertiary/aromatic N) is 1. The van der Waals surface area contributed by atoms with Gasteiger partial charge in [-0.05, 0) is 37.4 Å². The van der Waals surface area contributed by atoms with Crippen LogP contribution in [0.5, 0.6) is 5.75 Å². The molecule has 108 valence electrons. The highest BCUT2D eigenvalue weighted by Gasteiger charge is 2.30. The molecule has 0 saturated carbocycles. The molecule has 0 heterocycles. The van der Waals surface area contributed by atoms with Crippen molar-refractivity contribution in [1.29, 1.82) is 0 Å². The van der Waals surface area contributed by atoms with Crippen LogP contribution in [-0.4, -0.2) is 37.4 Å². The Labute approximate surface area is 111 Å². The molecule has 0 aliphatic heterocycles. The van der Waals surface area contributed by atoms with Gasteiger partial charge in [0.05, 0.1) is 0 Å². The van der Waals surface area contributed by atoms with Crippen molar-refractivity contribution >= 4 is 5.69 Å². The zero-order valence-corrected chi connectivity index (χ0v) is 11.1. The molecule has 1 aromatic rings. The Morgan fingerprint density at radius 3 is 2.16 bits per heavy atom. The Morgan fingerprint density at radius 1 is 1.11 bits per heavy atom. The van der Waals surface area contributed by atoms with E-state index in [-0.39, 0.29) is 5.75 Å². The smallest absolute Gasteiger partial charge is 0.406 e. The number of hydrogen-bond donors (Lipinski definition) is 1. The van der Waals surface area contributed by atoms with Crippen LogP contribution in [0.15, 0.2) is 24.3 Å². The van der Waals surface area contributed by atoms with Crippen molar-refractivity contribution in [1.82, 2.24) is 4.90 Å². The van der Waals surface area contributed by atoms with Gasteiger partial charge >= 0.3 is 6.36 Å². The Bertz CT molecular complexity index is 361. The van der Waals surface area contributed by atoms with Crippen molar-refractivity contribution in [3.05, 3.63) is 24.3 Å². The Balaban J connectivity index is 2.40. The van der Waals surface area contributed by atoms with E-state index in [0.29, 0.717) is 0 Å². The highest BCUT2D eigenvalue weighted by Crippen LogP contribution is 2.23. The first-order chi connectivity index (χ1) is 8.94. The number of hydrogen-bond acceptors (Lipinski definition) is 3. The molecule has 0 saturated heterocycles. The molecule has 0 aliphatic rings. The van der Waals surface area contributed by atoms with E-state index in [1.165, 1.54) is 12.1 Å². The summed E-state index contributed by atoms with van der Waals surface area (Å²) < 4.78 is 39.7. The summed E-state index contributed by atoms with van der Waals surface area (Å²) in [5, 5.41) is 3.16. The lowest BCUT2D eigenvalue weighted by Gasteiger charge is -2.18. The zero-order valence-electron chi connectivity index (χ0n) is 11.1. The lowest BCUT2D eigenvalue weighted by molar-refractivity contribution is -0.274. The molecule has 3 nitrogen and oxygen atoms in total. The molecule has 1 N–H and O–H groups in total. The maximum absolute atomic E-state index is 12.0. The summed E-state index contributed by atoms with van der Waals surface area (Å²) >= 11 is 0. The van der Waals surface area contributed by atoms with Crippen LogP contribution in [0, 0.1) is 0 Å². The molecule has 0 amide bonds. The Morgan fingerprint density at radius 2 is 1.68 bits per heavy atom. The number of benzene rings is 1. The average molecular weight is 276 g/mol. The lowest BCUT2D eigenvalue weighted by Crippen LogP contribution is -2.28. The molecule has 0 bridgehead atoms. The molecule has 0 atom stereocenters. The van der Waals surface area contributed by atoms with E-state index in [1.807, 2.05) is 0 Å². The van der Waals surface area contributed by atoms with Crippen LogP contribution in [0.2, 0.25) is 0 Å². The molecule has 1 aromatic carbocycles. The van der Waals surface area contributed by atoms with Gasteiger partial charge in [-0.3, -0.25) is 0 Å². The van der Waals surface area contributed by atoms with Crippen molar-refractivity contribution in [2.24, 2.45) is 0 Å². The first-order valence-electron chi connectivity index (χ1n) is 6.26. The average Bonchev–Trinajstić information content (AvgIpc) is 2.35. The number of halogens is 3. The van der Waals surface area contributed by atoms with E-state index in [0.717, 1.165) is 31.9 Å². The summed E-state index contributed by atoms with van der Waals surface area (Å²) in [5.41, 5.74) is 0.779. The third-order valence-corrected chi connectivity index (χ3v) is 2.74. The monoisotopic (exact) mass is 276 g/mol. The molecule has 0 unspecified atom stereocenters. The molecular formula is C13H19F3N2O. The number of nitrogens with one attached hydrogen (secondary N) is 1.